The monoisotopic (exact) mass is 434 g/mol. The van der Waals surface area contributed by atoms with Gasteiger partial charge in [-0.15, -0.1) is 0 Å². The fourth-order valence-corrected chi connectivity index (χ4v) is 3.34. The van der Waals surface area contributed by atoms with Crippen LogP contribution in [0.15, 0.2) is 59.9 Å². The molecule has 2 aliphatic carbocycles. The lowest BCUT2D eigenvalue weighted by Crippen LogP contribution is -2.25. The Morgan fingerprint density at radius 2 is 0.906 bits per heavy atom. The summed E-state index contributed by atoms with van der Waals surface area (Å²) in [6.45, 7) is 0. The van der Waals surface area contributed by atoms with E-state index < -0.39 is 0 Å². The van der Waals surface area contributed by atoms with E-state index in [1.54, 1.807) is 38.0 Å². The van der Waals surface area contributed by atoms with Gasteiger partial charge in [-0.25, -0.2) is 0 Å². The minimum absolute atomic E-state index is 0.0124. The molecule has 0 atom stereocenters. The van der Waals surface area contributed by atoms with Crippen molar-refractivity contribution >= 4 is 23.1 Å². The zero-order valence-corrected chi connectivity index (χ0v) is 18.0. The molecule has 0 heterocycles. The number of carbonyl (C=O) groups excluding carboxylic acids is 4. The first-order valence-electron chi connectivity index (χ1n) is 9.63. The quantitative estimate of drug-likeness (QED) is 0.741. The van der Waals surface area contributed by atoms with Crippen LogP contribution >= 0.6 is 0 Å². The van der Waals surface area contributed by atoms with Crippen LogP contribution in [-0.4, -0.2) is 71.3 Å². The molecule has 0 aliphatic heterocycles. The summed E-state index contributed by atoms with van der Waals surface area (Å²) in [4.78, 5) is 50.6. The van der Waals surface area contributed by atoms with E-state index in [1.165, 1.54) is 48.6 Å². The molecular formula is C24H22N2O6. The van der Waals surface area contributed by atoms with E-state index in [2.05, 4.69) is 0 Å². The summed E-state index contributed by atoms with van der Waals surface area (Å²) in [5, 5.41) is 18.5. The number of phenols is 2. The zero-order valence-electron chi connectivity index (χ0n) is 18.0. The van der Waals surface area contributed by atoms with Gasteiger partial charge in [0.25, 0.3) is 0 Å². The van der Waals surface area contributed by atoms with Crippen LogP contribution in [0.2, 0.25) is 0 Å². The standard InChI is InChI=1S/2C12H11NO3/c2*1-13(2)10-6-11(15)9-5-7(14)3-4-8(9)12(10)16/h2*3-6,14H,1-2H3. The maximum atomic E-state index is 12.0. The molecule has 0 saturated carbocycles. The molecule has 0 unspecified atom stereocenters. The van der Waals surface area contributed by atoms with E-state index in [1.807, 2.05) is 0 Å². The summed E-state index contributed by atoms with van der Waals surface area (Å²) in [5.41, 5.74) is 1.93. The van der Waals surface area contributed by atoms with Crippen molar-refractivity contribution in [2.24, 2.45) is 0 Å². The molecule has 0 spiro atoms. The van der Waals surface area contributed by atoms with Crippen molar-refractivity contribution in [3.63, 3.8) is 0 Å². The minimum atomic E-state index is -0.255. The van der Waals surface area contributed by atoms with Gasteiger partial charge in [-0.3, -0.25) is 19.2 Å². The molecule has 0 fully saturated rings. The lowest BCUT2D eigenvalue weighted by Gasteiger charge is -2.20. The summed E-state index contributed by atoms with van der Waals surface area (Å²) in [5.74, 6) is -0.925. The number of carbonyl (C=O) groups is 4. The third-order valence-corrected chi connectivity index (χ3v) is 4.99. The first kappa shape index (κ1) is 22.5. The highest BCUT2D eigenvalue weighted by Crippen LogP contribution is 2.26. The number of phenolic OH excluding ortho intramolecular Hbond substituents is 2. The average molecular weight is 434 g/mol. The van der Waals surface area contributed by atoms with Crippen molar-refractivity contribution < 1.29 is 29.4 Å². The summed E-state index contributed by atoms with van der Waals surface area (Å²) in [6, 6.07) is 8.39. The van der Waals surface area contributed by atoms with Gasteiger partial charge in [-0.1, -0.05) is 0 Å². The molecule has 32 heavy (non-hydrogen) atoms. The SMILES string of the molecule is CN(C)C1=CC(=O)c2cc(O)ccc2C1=O.CN(C)C1=CC(=O)c2cc(O)ccc2C1=O. The first-order chi connectivity index (χ1) is 15.0. The van der Waals surface area contributed by atoms with E-state index in [0.29, 0.717) is 22.5 Å². The van der Waals surface area contributed by atoms with Gasteiger partial charge in [-0.05, 0) is 36.4 Å². The fraction of sp³-hybridized carbons (Fsp3) is 0.167. The van der Waals surface area contributed by atoms with E-state index in [0.717, 1.165) is 0 Å². The molecule has 4 rings (SSSR count). The highest BCUT2D eigenvalue weighted by Gasteiger charge is 2.27. The van der Waals surface area contributed by atoms with Gasteiger partial charge in [0.15, 0.2) is 11.6 Å². The molecule has 2 aliphatic rings. The summed E-state index contributed by atoms with van der Waals surface area (Å²) < 4.78 is 0. The highest BCUT2D eigenvalue weighted by atomic mass is 16.3. The average Bonchev–Trinajstić information content (AvgIpc) is 2.73. The molecule has 8 nitrogen and oxygen atoms in total. The number of likely N-dealkylation sites (N-methyl/N-ethyl adjacent to an activating group) is 2. The summed E-state index contributed by atoms with van der Waals surface area (Å²) >= 11 is 0. The van der Waals surface area contributed by atoms with Crippen molar-refractivity contribution in [2.75, 3.05) is 28.2 Å². The largest absolute Gasteiger partial charge is 0.508 e. The van der Waals surface area contributed by atoms with Crippen molar-refractivity contribution in [1.29, 1.82) is 0 Å². The van der Waals surface area contributed by atoms with Gasteiger partial charge in [0, 0.05) is 62.6 Å². The fourth-order valence-electron chi connectivity index (χ4n) is 3.34. The number of allylic oxidation sites excluding steroid dienone is 4. The summed E-state index contributed by atoms with van der Waals surface area (Å²) in [7, 11) is 6.84. The Morgan fingerprint density at radius 1 is 0.562 bits per heavy atom. The molecule has 164 valence electrons. The third kappa shape index (κ3) is 4.15. The van der Waals surface area contributed by atoms with Crippen LogP contribution in [0.25, 0.3) is 0 Å². The first-order valence-corrected chi connectivity index (χ1v) is 9.63. The van der Waals surface area contributed by atoms with E-state index in [9.17, 15) is 29.4 Å². The number of benzene rings is 2. The van der Waals surface area contributed by atoms with Crippen molar-refractivity contribution in [1.82, 2.24) is 9.80 Å². The Morgan fingerprint density at radius 3 is 1.22 bits per heavy atom. The number of fused-ring (bicyclic) bond motifs is 2. The van der Waals surface area contributed by atoms with Crippen molar-refractivity contribution in [2.45, 2.75) is 0 Å². The summed E-state index contributed by atoms with van der Waals surface area (Å²) in [6.07, 6.45) is 2.59. The topological polar surface area (TPSA) is 115 Å². The Balaban J connectivity index is 0.000000181. The molecule has 0 saturated heterocycles. The molecule has 2 N–H and O–H groups in total. The van der Waals surface area contributed by atoms with Gasteiger partial charge in [0.1, 0.15) is 11.5 Å². The number of hydrogen-bond donors (Lipinski definition) is 2. The second kappa shape index (κ2) is 8.50. The number of aromatic hydroxyl groups is 2. The maximum absolute atomic E-state index is 12.0. The number of Topliss-reactive ketones (excluding diaryl/α,β-unsaturated/α-hetero) is 2. The van der Waals surface area contributed by atoms with Crippen LogP contribution in [0.5, 0.6) is 11.5 Å². The predicted octanol–water partition coefficient (Wildman–Crippen LogP) is 2.43. The van der Waals surface area contributed by atoms with Crippen LogP contribution in [0, 0.1) is 0 Å². The number of nitrogens with zero attached hydrogens (tertiary/aromatic N) is 2. The molecule has 2 aromatic rings. The predicted molar refractivity (Wildman–Crippen MR) is 117 cm³/mol. The van der Waals surface area contributed by atoms with Gasteiger partial charge in [0.2, 0.25) is 11.6 Å². The molecule has 0 radical (unpaired) electrons. The number of hydrogen-bond acceptors (Lipinski definition) is 8. The molecular weight excluding hydrogens is 412 g/mol. The van der Waals surface area contributed by atoms with Crippen LogP contribution < -0.4 is 0 Å². The Labute approximate surface area is 184 Å². The second-order valence-electron chi connectivity index (χ2n) is 7.69. The van der Waals surface area contributed by atoms with E-state index in [4.69, 9.17) is 0 Å². The lowest BCUT2D eigenvalue weighted by molar-refractivity contribution is 0.0962. The normalized spacial score (nSPS) is 14.5. The van der Waals surface area contributed by atoms with Gasteiger partial charge in [-0.2, -0.15) is 0 Å². The Hall–Kier alpha value is -4.20. The Kier molecular flexibility index (Phi) is 5.98. The van der Waals surface area contributed by atoms with Crippen molar-refractivity contribution in [3.05, 3.63) is 82.2 Å². The zero-order chi connectivity index (χ0) is 23.7. The van der Waals surface area contributed by atoms with Gasteiger partial charge >= 0.3 is 0 Å². The van der Waals surface area contributed by atoms with Gasteiger partial charge < -0.3 is 20.0 Å². The van der Waals surface area contributed by atoms with Crippen LogP contribution in [0.1, 0.15) is 41.4 Å². The minimum Gasteiger partial charge on any atom is -0.508 e. The Bertz CT molecular complexity index is 1130. The number of ketones is 4. The van der Waals surface area contributed by atoms with Crippen LogP contribution in [-0.2, 0) is 0 Å². The number of rotatable bonds is 2. The third-order valence-electron chi connectivity index (χ3n) is 4.99. The van der Waals surface area contributed by atoms with Crippen LogP contribution in [0.3, 0.4) is 0 Å². The smallest absolute Gasteiger partial charge is 0.209 e. The second-order valence-corrected chi connectivity index (χ2v) is 7.69. The molecule has 2 aromatic carbocycles. The lowest BCUT2D eigenvalue weighted by atomic mass is 9.92. The van der Waals surface area contributed by atoms with E-state index >= 15 is 0 Å². The molecule has 0 amide bonds. The van der Waals surface area contributed by atoms with Gasteiger partial charge in [0.05, 0.1) is 11.4 Å². The molecule has 8 heteroatoms. The van der Waals surface area contributed by atoms with E-state index in [-0.39, 0.29) is 45.8 Å². The highest BCUT2D eigenvalue weighted by molar-refractivity contribution is 6.25. The molecule has 0 bridgehead atoms. The van der Waals surface area contributed by atoms with Crippen molar-refractivity contribution in [3.8, 4) is 11.5 Å². The van der Waals surface area contributed by atoms with Crippen LogP contribution in [0.4, 0.5) is 0 Å². The molecule has 0 aromatic heterocycles. The maximum Gasteiger partial charge on any atom is 0.209 e.